The third-order valence-electron chi connectivity index (χ3n) is 3.61. The Hall–Kier alpha value is -0.830. The van der Waals surface area contributed by atoms with E-state index in [1.165, 1.54) is 18.5 Å². The molecule has 0 bridgehead atoms. The van der Waals surface area contributed by atoms with Gasteiger partial charge in [0.2, 0.25) is 0 Å². The molecule has 0 aliphatic rings. The van der Waals surface area contributed by atoms with Crippen molar-refractivity contribution in [3.05, 3.63) is 17.5 Å². The minimum atomic E-state index is 0.574. The molecule has 0 amide bonds. The Bertz CT molecular complexity index is 326. The minimum Gasteiger partial charge on any atom is -0.314 e. The standard InChI is InChI=1S/C14H27N3/c1-6-12(7-2)14(15-8-3)10-13-9-11(4)16-17(13)5/h9,12,14-15H,6-8,10H2,1-5H3. The molecule has 0 spiro atoms. The molecule has 3 nitrogen and oxygen atoms in total. The van der Waals surface area contributed by atoms with Crippen molar-refractivity contribution in [2.75, 3.05) is 6.54 Å². The summed E-state index contributed by atoms with van der Waals surface area (Å²) in [6, 6.07) is 2.78. The van der Waals surface area contributed by atoms with Crippen LogP contribution in [0.25, 0.3) is 0 Å². The van der Waals surface area contributed by atoms with Crippen molar-refractivity contribution in [3.63, 3.8) is 0 Å². The molecule has 0 aliphatic carbocycles. The maximum Gasteiger partial charge on any atom is 0.0596 e. The van der Waals surface area contributed by atoms with E-state index in [1.54, 1.807) is 0 Å². The monoisotopic (exact) mass is 237 g/mol. The van der Waals surface area contributed by atoms with E-state index in [0.717, 1.165) is 24.6 Å². The molecule has 1 aromatic rings. The lowest BCUT2D eigenvalue weighted by Gasteiger charge is -2.26. The lowest BCUT2D eigenvalue weighted by atomic mass is 9.90. The van der Waals surface area contributed by atoms with Gasteiger partial charge in [-0.05, 0) is 25.5 Å². The van der Waals surface area contributed by atoms with Gasteiger partial charge in [-0.15, -0.1) is 0 Å². The predicted octanol–water partition coefficient (Wildman–Crippen LogP) is 2.69. The zero-order valence-electron chi connectivity index (χ0n) is 12.0. The number of hydrogen-bond acceptors (Lipinski definition) is 2. The lowest BCUT2D eigenvalue weighted by Crippen LogP contribution is -2.38. The maximum absolute atomic E-state index is 4.42. The van der Waals surface area contributed by atoms with Gasteiger partial charge in [-0.25, -0.2) is 0 Å². The quantitative estimate of drug-likeness (QED) is 0.790. The third-order valence-corrected chi connectivity index (χ3v) is 3.61. The molecule has 0 aromatic carbocycles. The summed E-state index contributed by atoms with van der Waals surface area (Å²) in [6.45, 7) is 9.85. The van der Waals surface area contributed by atoms with E-state index in [4.69, 9.17) is 0 Å². The number of nitrogens with one attached hydrogen (secondary N) is 1. The van der Waals surface area contributed by atoms with Crippen LogP contribution >= 0.6 is 0 Å². The Kier molecular flexibility index (Phi) is 5.69. The van der Waals surface area contributed by atoms with Crippen LogP contribution in [0.2, 0.25) is 0 Å². The second-order valence-corrected chi connectivity index (χ2v) is 4.85. The summed E-state index contributed by atoms with van der Waals surface area (Å²) >= 11 is 0. The molecule has 1 atom stereocenters. The van der Waals surface area contributed by atoms with Crippen LogP contribution in [-0.2, 0) is 13.5 Å². The van der Waals surface area contributed by atoms with E-state index in [9.17, 15) is 0 Å². The number of nitrogens with zero attached hydrogens (tertiary/aromatic N) is 2. The fourth-order valence-corrected chi connectivity index (χ4v) is 2.61. The first kappa shape index (κ1) is 14.2. The number of aromatic nitrogens is 2. The topological polar surface area (TPSA) is 29.9 Å². The number of rotatable bonds is 7. The van der Waals surface area contributed by atoms with Gasteiger partial charge < -0.3 is 5.32 Å². The minimum absolute atomic E-state index is 0.574. The first-order chi connectivity index (χ1) is 8.12. The first-order valence-corrected chi connectivity index (χ1v) is 6.85. The third kappa shape index (κ3) is 3.84. The summed E-state index contributed by atoms with van der Waals surface area (Å²) < 4.78 is 2.02. The largest absolute Gasteiger partial charge is 0.314 e. The molecular weight excluding hydrogens is 210 g/mol. The fraction of sp³-hybridized carbons (Fsp3) is 0.786. The second kappa shape index (κ2) is 6.80. The zero-order chi connectivity index (χ0) is 12.8. The van der Waals surface area contributed by atoms with Crippen LogP contribution in [-0.4, -0.2) is 22.4 Å². The van der Waals surface area contributed by atoms with E-state index in [2.05, 4.69) is 44.2 Å². The lowest BCUT2D eigenvalue weighted by molar-refractivity contribution is 0.332. The van der Waals surface area contributed by atoms with Crippen molar-refractivity contribution in [1.29, 1.82) is 0 Å². The van der Waals surface area contributed by atoms with E-state index in [1.807, 2.05) is 11.7 Å². The van der Waals surface area contributed by atoms with Crippen LogP contribution < -0.4 is 5.32 Å². The van der Waals surface area contributed by atoms with Gasteiger partial charge in [0.1, 0.15) is 0 Å². The molecule has 0 aliphatic heterocycles. The zero-order valence-corrected chi connectivity index (χ0v) is 12.0. The van der Waals surface area contributed by atoms with Crippen LogP contribution in [0.4, 0.5) is 0 Å². The summed E-state index contributed by atoms with van der Waals surface area (Å²) in [5.74, 6) is 0.755. The highest BCUT2D eigenvalue weighted by Crippen LogP contribution is 2.17. The van der Waals surface area contributed by atoms with Gasteiger partial charge in [0.25, 0.3) is 0 Å². The van der Waals surface area contributed by atoms with Crippen LogP contribution in [0, 0.1) is 12.8 Å². The maximum atomic E-state index is 4.42. The number of hydrogen-bond donors (Lipinski definition) is 1. The molecule has 0 saturated carbocycles. The van der Waals surface area contributed by atoms with Crippen molar-refractivity contribution in [2.45, 2.75) is 53.0 Å². The average molecular weight is 237 g/mol. The molecular formula is C14H27N3. The molecule has 0 fully saturated rings. The molecule has 3 heteroatoms. The molecule has 0 radical (unpaired) electrons. The highest BCUT2D eigenvalue weighted by Gasteiger charge is 2.19. The molecule has 98 valence electrons. The molecule has 1 N–H and O–H groups in total. The van der Waals surface area contributed by atoms with Crippen molar-refractivity contribution < 1.29 is 0 Å². The smallest absolute Gasteiger partial charge is 0.0596 e. The summed E-state index contributed by atoms with van der Waals surface area (Å²) in [5.41, 5.74) is 2.45. The summed E-state index contributed by atoms with van der Waals surface area (Å²) in [7, 11) is 2.04. The van der Waals surface area contributed by atoms with Crippen molar-refractivity contribution in [1.82, 2.24) is 15.1 Å². The van der Waals surface area contributed by atoms with Gasteiger partial charge in [0, 0.05) is 25.2 Å². The molecule has 1 heterocycles. The van der Waals surface area contributed by atoms with Gasteiger partial charge in [-0.2, -0.15) is 5.10 Å². The molecule has 1 aromatic heterocycles. The van der Waals surface area contributed by atoms with Gasteiger partial charge >= 0.3 is 0 Å². The Morgan fingerprint density at radius 2 is 1.94 bits per heavy atom. The Balaban J connectivity index is 2.75. The normalized spacial score (nSPS) is 13.3. The van der Waals surface area contributed by atoms with Crippen LogP contribution in [0.15, 0.2) is 6.07 Å². The fourth-order valence-electron chi connectivity index (χ4n) is 2.61. The Morgan fingerprint density at radius 1 is 1.29 bits per heavy atom. The highest BCUT2D eigenvalue weighted by molar-refractivity contribution is 5.10. The van der Waals surface area contributed by atoms with Gasteiger partial charge in [-0.1, -0.05) is 33.6 Å². The number of likely N-dealkylation sites (N-methyl/N-ethyl adjacent to an activating group) is 1. The summed E-state index contributed by atoms with van der Waals surface area (Å²) in [4.78, 5) is 0. The molecule has 17 heavy (non-hydrogen) atoms. The van der Waals surface area contributed by atoms with E-state index >= 15 is 0 Å². The Morgan fingerprint density at radius 3 is 2.35 bits per heavy atom. The molecule has 0 saturated heterocycles. The first-order valence-electron chi connectivity index (χ1n) is 6.85. The van der Waals surface area contributed by atoms with E-state index < -0.39 is 0 Å². The SMILES string of the molecule is CCNC(Cc1cc(C)nn1C)C(CC)CC. The Labute approximate surface area is 106 Å². The van der Waals surface area contributed by atoms with Gasteiger partial charge in [0.15, 0.2) is 0 Å². The van der Waals surface area contributed by atoms with Gasteiger partial charge in [-0.3, -0.25) is 4.68 Å². The highest BCUT2D eigenvalue weighted by atomic mass is 15.3. The van der Waals surface area contributed by atoms with E-state index in [-0.39, 0.29) is 0 Å². The van der Waals surface area contributed by atoms with Gasteiger partial charge in [0.05, 0.1) is 5.69 Å². The van der Waals surface area contributed by atoms with Crippen LogP contribution in [0.1, 0.15) is 45.0 Å². The second-order valence-electron chi connectivity index (χ2n) is 4.85. The van der Waals surface area contributed by atoms with E-state index in [0.29, 0.717) is 6.04 Å². The van der Waals surface area contributed by atoms with Crippen molar-refractivity contribution in [3.8, 4) is 0 Å². The summed E-state index contributed by atoms with van der Waals surface area (Å²) in [5, 5.41) is 8.05. The van der Waals surface area contributed by atoms with Crippen molar-refractivity contribution >= 4 is 0 Å². The van der Waals surface area contributed by atoms with Crippen molar-refractivity contribution in [2.24, 2.45) is 13.0 Å². The summed E-state index contributed by atoms with van der Waals surface area (Å²) in [6.07, 6.45) is 3.56. The van der Waals surface area contributed by atoms with Crippen LogP contribution in [0.3, 0.4) is 0 Å². The average Bonchev–Trinajstić information content (AvgIpc) is 2.59. The molecule has 1 rings (SSSR count). The predicted molar refractivity (Wildman–Crippen MR) is 73.2 cm³/mol. The number of aryl methyl sites for hydroxylation is 2. The molecule has 1 unspecified atom stereocenters. The van der Waals surface area contributed by atoms with Crippen LogP contribution in [0.5, 0.6) is 0 Å².